The Balaban J connectivity index is 2.40. The molecule has 0 spiro atoms. The molecule has 0 aliphatic carbocycles. The van der Waals surface area contributed by atoms with E-state index < -0.39 is 29.2 Å². The van der Waals surface area contributed by atoms with Gasteiger partial charge < -0.3 is 15.0 Å². The summed E-state index contributed by atoms with van der Waals surface area (Å²) in [5.74, 6) is -1.76. The minimum Gasteiger partial charge on any atom is -0.480 e. The van der Waals surface area contributed by atoms with Gasteiger partial charge in [0, 0.05) is 19.8 Å². The van der Waals surface area contributed by atoms with Crippen LogP contribution in [-0.4, -0.2) is 44.0 Å². The number of H-pyrrole nitrogens is 1. The number of likely N-dealkylation sites (tertiary alicyclic amines) is 1. The number of carboxylic acids is 1. The minimum absolute atomic E-state index is 0.227. The second-order valence-corrected chi connectivity index (χ2v) is 4.37. The van der Waals surface area contributed by atoms with Gasteiger partial charge in [0.25, 0.3) is 11.5 Å². The minimum atomic E-state index is -1.09. The number of nitrogens with zero attached hydrogens (tertiary/aromatic N) is 2. The molecule has 0 aromatic carbocycles. The largest absolute Gasteiger partial charge is 0.480 e. The van der Waals surface area contributed by atoms with E-state index >= 15 is 0 Å². The summed E-state index contributed by atoms with van der Waals surface area (Å²) in [6.45, 7) is 0.290. The number of amides is 1. The topological polar surface area (TPSA) is 112 Å². The highest BCUT2D eigenvalue weighted by Gasteiger charge is 2.35. The van der Waals surface area contributed by atoms with Crippen LogP contribution in [0.1, 0.15) is 23.2 Å². The summed E-state index contributed by atoms with van der Waals surface area (Å²) in [5.41, 5.74) is -1.59. The van der Waals surface area contributed by atoms with E-state index in [9.17, 15) is 19.2 Å². The van der Waals surface area contributed by atoms with E-state index in [0.717, 1.165) is 15.7 Å². The summed E-state index contributed by atoms with van der Waals surface area (Å²) < 4.78 is 0.777. The fourth-order valence-corrected chi connectivity index (χ4v) is 2.14. The van der Waals surface area contributed by atoms with Gasteiger partial charge in [-0.25, -0.2) is 9.59 Å². The number of carbonyl (C=O) groups excluding carboxylic acids is 1. The number of hydrogen-bond acceptors (Lipinski definition) is 4. The van der Waals surface area contributed by atoms with Crippen molar-refractivity contribution in [2.45, 2.75) is 18.9 Å². The van der Waals surface area contributed by atoms with Crippen molar-refractivity contribution in [2.24, 2.45) is 7.05 Å². The molecule has 8 nitrogen and oxygen atoms in total. The van der Waals surface area contributed by atoms with Gasteiger partial charge in [-0.1, -0.05) is 0 Å². The first-order valence-corrected chi connectivity index (χ1v) is 5.76. The number of hydrogen-bond donors (Lipinski definition) is 2. The lowest BCUT2D eigenvalue weighted by atomic mass is 10.2. The van der Waals surface area contributed by atoms with Crippen LogP contribution in [0.2, 0.25) is 0 Å². The summed E-state index contributed by atoms with van der Waals surface area (Å²) >= 11 is 0. The van der Waals surface area contributed by atoms with Crippen LogP contribution in [0.25, 0.3) is 0 Å². The maximum atomic E-state index is 12.2. The Morgan fingerprint density at radius 1 is 1.42 bits per heavy atom. The van der Waals surface area contributed by atoms with E-state index in [1.54, 1.807) is 0 Å². The molecule has 2 rings (SSSR count). The van der Waals surface area contributed by atoms with Crippen molar-refractivity contribution in [3.63, 3.8) is 0 Å². The van der Waals surface area contributed by atoms with Gasteiger partial charge in [0.2, 0.25) is 0 Å². The van der Waals surface area contributed by atoms with E-state index in [-0.39, 0.29) is 12.1 Å². The normalized spacial score (nSPS) is 18.6. The Morgan fingerprint density at radius 3 is 2.74 bits per heavy atom. The average Bonchev–Trinajstić information content (AvgIpc) is 2.84. The maximum absolute atomic E-state index is 12.2. The number of aliphatic carboxylic acids is 1. The molecule has 1 amide bonds. The number of aromatic nitrogens is 2. The number of nitrogens with one attached hydrogen (secondary N) is 1. The smallest absolute Gasteiger partial charge is 0.328 e. The zero-order valence-corrected chi connectivity index (χ0v) is 10.3. The Hall–Kier alpha value is -2.38. The first kappa shape index (κ1) is 13.1. The van der Waals surface area contributed by atoms with E-state index in [4.69, 9.17) is 5.11 Å². The Bertz CT molecular complexity index is 644. The highest BCUT2D eigenvalue weighted by Crippen LogP contribution is 2.18. The second kappa shape index (κ2) is 4.71. The molecule has 2 heterocycles. The lowest BCUT2D eigenvalue weighted by Gasteiger charge is -2.20. The van der Waals surface area contributed by atoms with Crippen molar-refractivity contribution in [1.82, 2.24) is 14.5 Å². The third kappa shape index (κ3) is 2.16. The molecule has 8 heteroatoms. The third-order valence-corrected chi connectivity index (χ3v) is 3.21. The fourth-order valence-electron chi connectivity index (χ4n) is 2.14. The quantitative estimate of drug-likeness (QED) is 0.696. The Morgan fingerprint density at radius 2 is 2.11 bits per heavy atom. The van der Waals surface area contributed by atoms with E-state index in [2.05, 4.69) is 4.98 Å². The summed E-state index contributed by atoms with van der Waals surface area (Å²) in [5, 5.41) is 9.01. The van der Waals surface area contributed by atoms with Gasteiger partial charge in [0.1, 0.15) is 11.6 Å². The standard InChI is InChI=1S/C11H13N3O5/c1-13-8(15)6(5-12-11(13)19)9(16)14-4-2-3-7(14)10(17)18/h5,7H,2-4H2,1H3,(H,12,19)(H,17,18)/t7-/m1/s1. The fraction of sp³-hybridized carbons (Fsp3) is 0.455. The molecule has 1 aliphatic rings. The van der Waals surface area contributed by atoms with Gasteiger partial charge in [-0.05, 0) is 12.8 Å². The SMILES string of the molecule is Cn1c(=O)[nH]cc(C(=O)N2CCC[C@@H]2C(=O)O)c1=O. The molecule has 19 heavy (non-hydrogen) atoms. The number of aromatic amines is 1. The molecule has 0 radical (unpaired) electrons. The van der Waals surface area contributed by atoms with Crippen molar-refractivity contribution in [1.29, 1.82) is 0 Å². The lowest BCUT2D eigenvalue weighted by molar-refractivity contribution is -0.141. The van der Waals surface area contributed by atoms with Gasteiger partial charge in [-0.3, -0.25) is 14.2 Å². The van der Waals surface area contributed by atoms with Crippen LogP contribution >= 0.6 is 0 Å². The van der Waals surface area contributed by atoms with E-state index in [1.165, 1.54) is 7.05 Å². The monoisotopic (exact) mass is 267 g/mol. The number of rotatable bonds is 2. The molecule has 1 saturated heterocycles. The van der Waals surface area contributed by atoms with Gasteiger partial charge in [-0.15, -0.1) is 0 Å². The molecular formula is C11H13N3O5. The number of carbonyl (C=O) groups is 2. The first-order valence-electron chi connectivity index (χ1n) is 5.76. The molecule has 0 unspecified atom stereocenters. The zero-order chi connectivity index (χ0) is 14.2. The first-order chi connectivity index (χ1) is 8.93. The zero-order valence-electron chi connectivity index (χ0n) is 10.3. The maximum Gasteiger partial charge on any atom is 0.328 e. The Labute approximate surface area is 107 Å². The summed E-state index contributed by atoms with van der Waals surface area (Å²) in [6.07, 6.45) is 1.97. The summed E-state index contributed by atoms with van der Waals surface area (Å²) in [7, 11) is 1.25. The summed E-state index contributed by atoms with van der Waals surface area (Å²) in [4.78, 5) is 49.6. The van der Waals surface area contributed by atoms with Crippen LogP contribution in [0, 0.1) is 0 Å². The van der Waals surface area contributed by atoms with Crippen molar-refractivity contribution >= 4 is 11.9 Å². The molecule has 1 aliphatic heterocycles. The molecule has 1 aromatic rings. The molecule has 1 fully saturated rings. The van der Waals surface area contributed by atoms with Crippen molar-refractivity contribution < 1.29 is 14.7 Å². The highest BCUT2D eigenvalue weighted by atomic mass is 16.4. The van der Waals surface area contributed by atoms with Gasteiger partial charge in [0.05, 0.1) is 0 Å². The molecular weight excluding hydrogens is 254 g/mol. The molecule has 0 bridgehead atoms. The average molecular weight is 267 g/mol. The van der Waals surface area contributed by atoms with Gasteiger partial charge in [-0.2, -0.15) is 0 Å². The van der Waals surface area contributed by atoms with Crippen LogP contribution in [-0.2, 0) is 11.8 Å². The molecule has 1 aromatic heterocycles. The van der Waals surface area contributed by atoms with Crippen LogP contribution < -0.4 is 11.2 Å². The predicted molar refractivity (Wildman–Crippen MR) is 64.0 cm³/mol. The van der Waals surface area contributed by atoms with Gasteiger partial charge in [0.15, 0.2) is 0 Å². The van der Waals surface area contributed by atoms with Crippen LogP contribution in [0.4, 0.5) is 0 Å². The molecule has 1 atom stereocenters. The van der Waals surface area contributed by atoms with Crippen molar-refractivity contribution in [3.05, 3.63) is 32.6 Å². The van der Waals surface area contributed by atoms with Crippen LogP contribution in [0.3, 0.4) is 0 Å². The summed E-state index contributed by atoms with van der Waals surface area (Å²) in [6, 6.07) is -0.913. The lowest BCUT2D eigenvalue weighted by Crippen LogP contribution is -2.44. The van der Waals surface area contributed by atoms with E-state index in [1.807, 2.05) is 0 Å². The number of carboxylic acid groups (broad SMARTS) is 1. The molecule has 0 saturated carbocycles. The van der Waals surface area contributed by atoms with Crippen LogP contribution in [0.5, 0.6) is 0 Å². The van der Waals surface area contributed by atoms with Crippen molar-refractivity contribution in [2.75, 3.05) is 6.54 Å². The Kier molecular flexibility index (Phi) is 3.24. The molecule has 102 valence electrons. The highest BCUT2D eigenvalue weighted by molar-refractivity contribution is 5.96. The third-order valence-electron chi connectivity index (χ3n) is 3.21. The second-order valence-electron chi connectivity index (χ2n) is 4.37. The predicted octanol–water partition coefficient (Wildman–Crippen LogP) is -1.24. The van der Waals surface area contributed by atoms with E-state index in [0.29, 0.717) is 12.8 Å². The van der Waals surface area contributed by atoms with Crippen molar-refractivity contribution in [3.8, 4) is 0 Å². The molecule has 2 N–H and O–H groups in total. The van der Waals surface area contributed by atoms with Crippen LogP contribution in [0.15, 0.2) is 15.8 Å². The van der Waals surface area contributed by atoms with Gasteiger partial charge >= 0.3 is 11.7 Å².